The highest BCUT2D eigenvalue weighted by Gasteiger charge is 2.14. The van der Waals surface area contributed by atoms with E-state index in [9.17, 15) is 14.4 Å². The molecule has 3 aromatic rings. The van der Waals surface area contributed by atoms with E-state index in [1.54, 1.807) is 19.2 Å². The van der Waals surface area contributed by atoms with E-state index >= 15 is 0 Å². The number of hydrazine groups is 1. The summed E-state index contributed by atoms with van der Waals surface area (Å²) in [6, 6.07) is 4.56. The van der Waals surface area contributed by atoms with Gasteiger partial charge in [-0.05, 0) is 18.2 Å². The zero-order chi connectivity index (χ0) is 20.3. The normalized spacial score (nSPS) is 10.7. The number of rotatable bonds is 5. The number of hydrogen-bond donors (Lipinski definition) is 2. The van der Waals surface area contributed by atoms with E-state index in [0.717, 1.165) is 0 Å². The van der Waals surface area contributed by atoms with Crippen LogP contribution >= 0.6 is 11.6 Å². The molecular formula is C17H17ClN6O4. The van der Waals surface area contributed by atoms with Gasteiger partial charge in [-0.15, -0.1) is 0 Å². The second kappa shape index (κ2) is 8.09. The third-order valence-corrected chi connectivity index (χ3v) is 4.25. The first-order valence-corrected chi connectivity index (χ1v) is 8.58. The van der Waals surface area contributed by atoms with Crippen molar-refractivity contribution >= 4 is 34.4 Å². The quantitative estimate of drug-likeness (QED) is 0.602. The van der Waals surface area contributed by atoms with Gasteiger partial charge in [0.15, 0.2) is 5.65 Å². The Kier molecular flexibility index (Phi) is 5.59. The van der Waals surface area contributed by atoms with Crippen LogP contribution in [0, 0.1) is 0 Å². The van der Waals surface area contributed by atoms with E-state index < -0.39 is 11.8 Å². The number of fused-ring (bicyclic) bond motifs is 1. The number of nitrogens with one attached hydrogen (secondary N) is 2. The first kappa shape index (κ1) is 19.4. The van der Waals surface area contributed by atoms with Gasteiger partial charge in [-0.2, -0.15) is 5.10 Å². The largest absolute Gasteiger partial charge is 0.496 e. The first-order valence-electron chi connectivity index (χ1n) is 8.20. The monoisotopic (exact) mass is 404 g/mol. The minimum absolute atomic E-state index is 0.0414. The summed E-state index contributed by atoms with van der Waals surface area (Å²) in [7, 11) is 3.10. The molecule has 3 rings (SSSR count). The number of amides is 2. The van der Waals surface area contributed by atoms with Crippen LogP contribution in [0.4, 0.5) is 0 Å². The molecule has 11 heteroatoms. The van der Waals surface area contributed by atoms with Crippen molar-refractivity contribution in [3.05, 3.63) is 51.7 Å². The lowest BCUT2D eigenvalue weighted by atomic mass is 10.2. The first-order chi connectivity index (χ1) is 13.4. The Hall–Kier alpha value is -3.40. The Morgan fingerprint density at radius 2 is 2.07 bits per heavy atom. The van der Waals surface area contributed by atoms with Gasteiger partial charge in [0, 0.05) is 25.0 Å². The Morgan fingerprint density at radius 1 is 1.29 bits per heavy atom. The van der Waals surface area contributed by atoms with Gasteiger partial charge in [0.1, 0.15) is 11.1 Å². The van der Waals surface area contributed by atoms with Crippen molar-refractivity contribution in [3.8, 4) is 5.75 Å². The molecule has 28 heavy (non-hydrogen) atoms. The van der Waals surface area contributed by atoms with Gasteiger partial charge in [0.25, 0.3) is 11.5 Å². The smallest absolute Gasteiger partial charge is 0.273 e. The van der Waals surface area contributed by atoms with Crippen molar-refractivity contribution in [1.29, 1.82) is 0 Å². The third-order valence-electron chi connectivity index (χ3n) is 4.02. The molecule has 2 N–H and O–H groups in total. The minimum atomic E-state index is -0.580. The lowest BCUT2D eigenvalue weighted by molar-refractivity contribution is -0.122. The van der Waals surface area contributed by atoms with Gasteiger partial charge in [-0.1, -0.05) is 11.6 Å². The number of nitrogens with zero attached hydrogens (tertiary/aromatic N) is 4. The number of benzene rings is 1. The van der Waals surface area contributed by atoms with E-state index in [2.05, 4.69) is 20.9 Å². The molecule has 0 atom stereocenters. The van der Waals surface area contributed by atoms with Crippen molar-refractivity contribution in [2.45, 2.75) is 13.0 Å². The van der Waals surface area contributed by atoms with Crippen molar-refractivity contribution in [3.63, 3.8) is 0 Å². The predicted octanol–water partition coefficient (Wildman–Crippen LogP) is 0.643. The maximum Gasteiger partial charge on any atom is 0.273 e. The van der Waals surface area contributed by atoms with Gasteiger partial charge >= 0.3 is 0 Å². The van der Waals surface area contributed by atoms with E-state index in [1.165, 1.54) is 34.9 Å². The molecule has 0 saturated carbocycles. The standard InChI is InChI=1S/C17H17ClN6O4/c1-23-15-12(8-20-23)17(27)24(9-19-15)6-5-14(25)21-22-16(26)11-7-10(18)3-4-13(11)28-2/h3-4,7-9H,5-6H2,1-2H3,(H,21,25)(H,22,26). The zero-order valence-electron chi connectivity index (χ0n) is 15.1. The van der Waals surface area contributed by atoms with Gasteiger partial charge < -0.3 is 4.74 Å². The SMILES string of the molecule is COc1ccc(Cl)cc1C(=O)NNC(=O)CCn1cnc2c(cnn2C)c1=O. The summed E-state index contributed by atoms with van der Waals surface area (Å²) in [4.78, 5) is 40.7. The fourth-order valence-electron chi connectivity index (χ4n) is 2.56. The molecule has 2 aromatic heterocycles. The summed E-state index contributed by atoms with van der Waals surface area (Å²) < 4.78 is 7.90. The Morgan fingerprint density at radius 3 is 2.82 bits per heavy atom. The highest BCUT2D eigenvalue weighted by atomic mass is 35.5. The molecule has 146 valence electrons. The molecule has 0 fully saturated rings. The number of methoxy groups -OCH3 is 1. The van der Waals surface area contributed by atoms with Gasteiger partial charge in [0.2, 0.25) is 5.91 Å². The molecule has 0 aliphatic heterocycles. The van der Waals surface area contributed by atoms with Crippen LogP contribution in [0.5, 0.6) is 5.75 Å². The number of halogens is 1. The van der Waals surface area contributed by atoms with Crippen LogP contribution in [0.25, 0.3) is 11.0 Å². The van der Waals surface area contributed by atoms with Gasteiger partial charge in [-0.25, -0.2) is 4.98 Å². The average Bonchev–Trinajstić information content (AvgIpc) is 3.07. The maximum atomic E-state index is 12.3. The number of ether oxygens (including phenoxy) is 1. The molecule has 1 aromatic carbocycles. The average molecular weight is 405 g/mol. The molecule has 10 nitrogen and oxygen atoms in total. The van der Waals surface area contributed by atoms with Crippen molar-refractivity contribution in [2.24, 2.45) is 7.05 Å². The number of aromatic nitrogens is 4. The van der Waals surface area contributed by atoms with Crippen molar-refractivity contribution in [1.82, 2.24) is 30.2 Å². The molecule has 0 spiro atoms. The van der Waals surface area contributed by atoms with Crippen LogP contribution in [0.2, 0.25) is 5.02 Å². The second-order valence-corrected chi connectivity index (χ2v) is 6.28. The molecule has 0 saturated heterocycles. The van der Waals surface area contributed by atoms with Gasteiger partial charge in [0.05, 0.1) is 25.2 Å². The van der Waals surface area contributed by atoms with Crippen LogP contribution in [0.15, 0.2) is 35.5 Å². The summed E-state index contributed by atoms with van der Waals surface area (Å²) >= 11 is 5.89. The number of carbonyl (C=O) groups excluding carboxylic acids is 2. The number of aryl methyl sites for hydroxylation is 2. The van der Waals surface area contributed by atoms with E-state index in [0.29, 0.717) is 21.8 Å². The summed E-state index contributed by atoms with van der Waals surface area (Å²) in [5.41, 5.74) is 4.94. The number of hydrogen-bond acceptors (Lipinski definition) is 6. The summed E-state index contributed by atoms with van der Waals surface area (Å²) in [5, 5.41) is 4.71. The zero-order valence-corrected chi connectivity index (χ0v) is 15.9. The Balaban J connectivity index is 1.59. The molecule has 0 bridgehead atoms. The summed E-state index contributed by atoms with van der Waals surface area (Å²) in [6.45, 7) is 0.0961. The lowest BCUT2D eigenvalue weighted by Crippen LogP contribution is -2.42. The fraction of sp³-hybridized carbons (Fsp3) is 0.235. The van der Waals surface area contributed by atoms with Crippen LogP contribution in [-0.2, 0) is 18.4 Å². The maximum absolute atomic E-state index is 12.3. The molecule has 0 aliphatic rings. The third kappa shape index (κ3) is 3.96. The molecular weight excluding hydrogens is 388 g/mol. The fourth-order valence-corrected chi connectivity index (χ4v) is 2.73. The van der Waals surface area contributed by atoms with Crippen molar-refractivity contribution in [2.75, 3.05) is 7.11 Å². The van der Waals surface area contributed by atoms with E-state index in [-0.39, 0.29) is 24.1 Å². The minimum Gasteiger partial charge on any atom is -0.496 e. The highest BCUT2D eigenvalue weighted by Crippen LogP contribution is 2.22. The Labute approximate surface area is 164 Å². The molecule has 0 aliphatic carbocycles. The topological polar surface area (TPSA) is 120 Å². The molecule has 2 amide bonds. The second-order valence-electron chi connectivity index (χ2n) is 5.85. The van der Waals surface area contributed by atoms with E-state index in [4.69, 9.17) is 16.3 Å². The molecule has 2 heterocycles. The Bertz CT molecular complexity index is 1110. The van der Waals surface area contributed by atoms with Crippen LogP contribution in [0.3, 0.4) is 0 Å². The van der Waals surface area contributed by atoms with Gasteiger partial charge in [-0.3, -0.25) is 34.5 Å². The summed E-state index contributed by atoms with van der Waals surface area (Å²) in [5.74, 6) is -0.741. The predicted molar refractivity (Wildman–Crippen MR) is 101 cm³/mol. The van der Waals surface area contributed by atoms with Crippen LogP contribution in [0.1, 0.15) is 16.8 Å². The summed E-state index contributed by atoms with van der Waals surface area (Å²) in [6.07, 6.45) is 2.75. The van der Waals surface area contributed by atoms with Crippen LogP contribution < -0.4 is 21.1 Å². The number of carbonyl (C=O) groups is 2. The van der Waals surface area contributed by atoms with Crippen molar-refractivity contribution < 1.29 is 14.3 Å². The highest BCUT2D eigenvalue weighted by molar-refractivity contribution is 6.31. The molecule has 0 radical (unpaired) electrons. The van der Waals surface area contributed by atoms with E-state index in [1.807, 2.05) is 0 Å². The lowest BCUT2D eigenvalue weighted by Gasteiger charge is -2.11. The molecule has 0 unspecified atom stereocenters. The van der Waals surface area contributed by atoms with Crippen LogP contribution in [-0.4, -0.2) is 38.3 Å².